The lowest BCUT2D eigenvalue weighted by atomic mass is 9.95. The first kappa shape index (κ1) is 26.6. The zero-order valence-corrected chi connectivity index (χ0v) is 21.9. The van der Waals surface area contributed by atoms with Gasteiger partial charge in [-0.3, -0.25) is 9.59 Å². The van der Waals surface area contributed by atoms with Gasteiger partial charge in [-0.25, -0.2) is 9.69 Å². The zero-order chi connectivity index (χ0) is 26.1. The second-order valence-electron chi connectivity index (χ2n) is 9.69. The van der Waals surface area contributed by atoms with Crippen molar-refractivity contribution < 1.29 is 28.6 Å². The Morgan fingerprint density at radius 2 is 1.63 bits per heavy atom. The monoisotopic (exact) mass is 519 g/mol. The van der Waals surface area contributed by atoms with E-state index in [4.69, 9.17) is 37.4 Å². The Morgan fingerprint density at radius 3 is 2.26 bits per heavy atom. The summed E-state index contributed by atoms with van der Waals surface area (Å²) in [5, 5.41) is 0.783. The van der Waals surface area contributed by atoms with E-state index < -0.39 is 29.0 Å². The molecule has 3 rings (SSSR count). The van der Waals surface area contributed by atoms with Crippen LogP contribution in [0.2, 0.25) is 10.0 Å². The van der Waals surface area contributed by atoms with Crippen molar-refractivity contribution in [3.05, 3.63) is 57.6 Å². The quantitative estimate of drug-likeness (QED) is 0.336. The number of carbonyl (C=O) groups is 3. The van der Waals surface area contributed by atoms with Gasteiger partial charge >= 0.3 is 12.1 Å². The first-order valence-electron chi connectivity index (χ1n) is 10.8. The van der Waals surface area contributed by atoms with E-state index in [1.54, 1.807) is 71.0 Å². The average molecular weight is 520 g/mol. The number of imide groups is 1. The minimum Gasteiger partial charge on any atom is -0.492 e. The summed E-state index contributed by atoms with van der Waals surface area (Å²) >= 11 is 12.4. The highest BCUT2D eigenvalue weighted by molar-refractivity contribution is 6.42. The van der Waals surface area contributed by atoms with Gasteiger partial charge in [0, 0.05) is 21.2 Å². The van der Waals surface area contributed by atoms with Gasteiger partial charge in [0.1, 0.15) is 18.0 Å². The van der Waals surface area contributed by atoms with Gasteiger partial charge in [0.25, 0.3) is 5.91 Å². The van der Waals surface area contributed by atoms with Crippen LogP contribution in [0, 0.1) is 5.41 Å². The minimum atomic E-state index is -0.904. The van der Waals surface area contributed by atoms with Gasteiger partial charge in [-0.05, 0) is 71.0 Å². The summed E-state index contributed by atoms with van der Waals surface area (Å²) in [4.78, 5) is 39.3. The lowest BCUT2D eigenvalue weighted by Gasteiger charge is -2.23. The van der Waals surface area contributed by atoms with Crippen molar-refractivity contribution in [3.63, 3.8) is 0 Å². The molecule has 1 aliphatic rings. The lowest BCUT2D eigenvalue weighted by Crippen LogP contribution is -2.38. The highest BCUT2D eigenvalue weighted by Gasteiger charge is 2.39. The van der Waals surface area contributed by atoms with E-state index in [1.807, 2.05) is 0 Å². The number of ether oxygens (including phenoxy) is 3. The maximum atomic E-state index is 13.4. The van der Waals surface area contributed by atoms with Crippen LogP contribution in [0.3, 0.4) is 0 Å². The third-order valence-electron chi connectivity index (χ3n) is 5.10. The number of halogens is 2. The molecule has 2 aromatic rings. The third-order valence-corrected chi connectivity index (χ3v) is 5.57. The molecule has 0 spiro atoms. The molecule has 1 heterocycles. The maximum absolute atomic E-state index is 13.4. The van der Waals surface area contributed by atoms with Crippen LogP contribution >= 0.6 is 23.2 Å². The van der Waals surface area contributed by atoms with E-state index >= 15 is 0 Å². The van der Waals surface area contributed by atoms with E-state index in [2.05, 4.69) is 0 Å². The molecule has 0 aromatic heterocycles. The van der Waals surface area contributed by atoms with Crippen LogP contribution in [0.1, 0.15) is 45.7 Å². The van der Waals surface area contributed by atoms with Crippen LogP contribution in [0.15, 0.2) is 36.4 Å². The summed E-state index contributed by atoms with van der Waals surface area (Å²) in [5.41, 5.74) is -0.150. The number of rotatable bonds is 5. The topological polar surface area (TPSA) is 82.1 Å². The van der Waals surface area contributed by atoms with Gasteiger partial charge in [0.2, 0.25) is 0 Å². The highest BCUT2D eigenvalue weighted by Crippen LogP contribution is 2.41. The molecule has 0 aliphatic carbocycles. The molecule has 0 radical (unpaired) electrons. The van der Waals surface area contributed by atoms with Gasteiger partial charge < -0.3 is 14.2 Å². The molecule has 0 atom stereocenters. The number of carbonyl (C=O) groups excluding carboxylic acids is 3. The van der Waals surface area contributed by atoms with Crippen molar-refractivity contribution in [2.45, 2.75) is 40.2 Å². The Kier molecular flexibility index (Phi) is 7.53. The third kappa shape index (κ3) is 5.97. The Bertz CT molecular complexity index is 1210. The SMILES string of the molecule is COC(=O)C(C)(C)COc1ccc(Cl)cc1/C=C1/C(=O)N(C(=O)OC(C)(C)C)c2cc(Cl)ccc21. The Labute approximate surface area is 214 Å². The average Bonchev–Trinajstić information content (AvgIpc) is 3.01. The lowest BCUT2D eigenvalue weighted by molar-refractivity contribution is -0.152. The van der Waals surface area contributed by atoms with Gasteiger partial charge in [-0.2, -0.15) is 0 Å². The van der Waals surface area contributed by atoms with Gasteiger partial charge in [0.05, 0.1) is 23.8 Å². The number of nitrogens with zero attached hydrogens (tertiary/aromatic N) is 1. The van der Waals surface area contributed by atoms with E-state index in [9.17, 15) is 14.4 Å². The van der Waals surface area contributed by atoms with Crippen molar-refractivity contribution in [1.82, 2.24) is 0 Å². The van der Waals surface area contributed by atoms with Crippen LogP contribution in [-0.4, -0.2) is 37.3 Å². The molecule has 186 valence electrons. The number of hydrogen-bond donors (Lipinski definition) is 0. The van der Waals surface area contributed by atoms with Crippen molar-refractivity contribution in [1.29, 1.82) is 0 Å². The van der Waals surface area contributed by atoms with E-state index in [1.165, 1.54) is 13.2 Å². The summed E-state index contributed by atoms with van der Waals surface area (Å²) in [6.07, 6.45) is 0.781. The molecule has 0 N–H and O–H groups in total. The molecular formula is C26H27Cl2NO6. The Morgan fingerprint density at radius 1 is 1.00 bits per heavy atom. The van der Waals surface area contributed by atoms with Crippen molar-refractivity contribution in [3.8, 4) is 5.75 Å². The van der Waals surface area contributed by atoms with E-state index in [0.717, 1.165) is 4.90 Å². The molecule has 7 nitrogen and oxygen atoms in total. The second kappa shape index (κ2) is 9.91. The Hall–Kier alpha value is -3.03. The molecule has 2 aromatic carbocycles. The molecule has 0 saturated carbocycles. The van der Waals surface area contributed by atoms with Crippen molar-refractivity contribution in [2.24, 2.45) is 5.41 Å². The second-order valence-corrected chi connectivity index (χ2v) is 10.6. The zero-order valence-electron chi connectivity index (χ0n) is 20.4. The standard InChI is InChI=1S/C26H27Cl2NO6/c1-25(2,3)35-24(32)29-20-13-17(28)7-9-18(20)19(22(29)30)12-15-11-16(27)8-10-21(15)34-14-26(4,5)23(31)33-6/h7-13H,14H2,1-6H3/b19-12+. The van der Waals surface area contributed by atoms with Crippen LogP contribution in [-0.2, 0) is 19.1 Å². The molecule has 35 heavy (non-hydrogen) atoms. The van der Waals surface area contributed by atoms with Gasteiger partial charge in [-0.1, -0.05) is 29.3 Å². The molecular weight excluding hydrogens is 493 g/mol. The van der Waals surface area contributed by atoms with Gasteiger partial charge in [0.15, 0.2) is 0 Å². The summed E-state index contributed by atoms with van der Waals surface area (Å²) in [5.74, 6) is -0.591. The Balaban J connectivity index is 2.05. The minimum absolute atomic E-state index is 0.0294. The first-order chi connectivity index (χ1) is 16.2. The molecule has 9 heteroatoms. The van der Waals surface area contributed by atoms with Crippen LogP contribution < -0.4 is 9.64 Å². The van der Waals surface area contributed by atoms with E-state index in [-0.39, 0.29) is 12.2 Å². The fourth-order valence-corrected chi connectivity index (χ4v) is 3.75. The van der Waals surface area contributed by atoms with Crippen LogP contribution in [0.5, 0.6) is 5.75 Å². The molecule has 0 unspecified atom stereocenters. The first-order valence-corrected chi connectivity index (χ1v) is 11.6. The predicted molar refractivity (Wildman–Crippen MR) is 136 cm³/mol. The number of methoxy groups -OCH3 is 1. The maximum Gasteiger partial charge on any atom is 0.422 e. The molecule has 0 bridgehead atoms. The molecule has 0 fully saturated rings. The van der Waals surface area contributed by atoms with Crippen molar-refractivity contribution in [2.75, 3.05) is 18.6 Å². The number of amides is 2. The summed E-state index contributed by atoms with van der Waals surface area (Å²) in [6, 6.07) is 9.75. The molecule has 2 amide bonds. The summed E-state index contributed by atoms with van der Waals surface area (Å²) in [6.45, 7) is 8.57. The number of anilines is 1. The van der Waals surface area contributed by atoms with Gasteiger partial charge in [-0.15, -0.1) is 0 Å². The molecule has 0 saturated heterocycles. The van der Waals surface area contributed by atoms with Crippen molar-refractivity contribution >= 4 is 58.5 Å². The normalized spacial score (nSPS) is 14.7. The summed E-state index contributed by atoms with van der Waals surface area (Å²) in [7, 11) is 1.31. The summed E-state index contributed by atoms with van der Waals surface area (Å²) < 4.78 is 16.2. The molecule has 1 aliphatic heterocycles. The number of benzene rings is 2. The number of hydrogen-bond acceptors (Lipinski definition) is 6. The fraction of sp³-hybridized carbons (Fsp3) is 0.346. The smallest absolute Gasteiger partial charge is 0.422 e. The predicted octanol–water partition coefficient (Wildman–Crippen LogP) is 6.39. The van der Waals surface area contributed by atoms with Crippen LogP contribution in [0.4, 0.5) is 10.5 Å². The van der Waals surface area contributed by atoms with E-state index in [0.29, 0.717) is 32.6 Å². The number of fused-ring (bicyclic) bond motifs is 1. The fourth-order valence-electron chi connectivity index (χ4n) is 3.40. The largest absolute Gasteiger partial charge is 0.492 e. The number of esters is 1. The highest BCUT2D eigenvalue weighted by atomic mass is 35.5. The van der Waals surface area contributed by atoms with Crippen LogP contribution in [0.25, 0.3) is 11.6 Å².